The smallest absolute Gasteiger partial charge is 0.114 e. The molecule has 1 rings (SSSR count). The van der Waals surface area contributed by atoms with Crippen molar-refractivity contribution in [2.45, 2.75) is 6.61 Å². The SMILES string of the molecule is [B]c1cc(Cl)ccc1CO. The molecule has 0 unspecified atom stereocenters. The molecule has 0 saturated heterocycles. The predicted octanol–water partition coefficient (Wildman–Crippen LogP) is 0.626. The van der Waals surface area contributed by atoms with Crippen LogP contribution in [-0.2, 0) is 6.61 Å². The van der Waals surface area contributed by atoms with Crippen LogP contribution in [0, 0.1) is 0 Å². The number of aliphatic hydroxyl groups excluding tert-OH is 1. The first kappa shape index (κ1) is 7.64. The van der Waals surface area contributed by atoms with Gasteiger partial charge in [-0.05, 0) is 11.6 Å². The zero-order chi connectivity index (χ0) is 7.56. The van der Waals surface area contributed by atoms with Crippen molar-refractivity contribution in [3.8, 4) is 0 Å². The summed E-state index contributed by atoms with van der Waals surface area (Å²) in [6, 6.07) is 5.02. The van der Waals surface area contributed by atoms with Crippen molar-refractivity contribution in [3.63, 3.8) is 0 Å². The van der Waals surface area contributed by atoms with E-state index in [9.17, 15) is 0 Å². The molecule has 50 valence electrons. The molecule has 0 atom stereocenters. The van der Waals surface area contributed by atoms with Crippen molar-refractivity contribution >= 4 is 24.9 Å². The highest BCUT2D eigenvalue weighted by atomic mass is 35.5. The van der Waals surface area contributed by atoms with Crippen LogP contribution in [0.25, 0.3) is 0 Å². The van der Waals surface area contributed by atoms with Gasteiger partial charge in [-0.25, -0.2) is 0 Å². The molecule has 3 heteroatoms. The second-order valence-electron chi connectivity index (χ2n) is 2.00. The van der Waals surface area contributed by atoms with Gasteiger partial charge in [0, 0.05) is 5.02 Å². The van der Waals surface area contributed by atoms with E-state index in [1.54, 1.807) is 18.2 Å². The Labute approximate surface area is 66.0 Å². The summed E-state index contributed by atoms with van der Waals surface area (Å²) >= 11 is 5.61. The van der Waals surface area contributed by atoms with Crippen molar-refractivity contribution < 1.29 is 5.11 Å². The summed E-state index contributed by atoms with van der Waals surface area (Å²) in [5.74, 6) is 0. The van der Waals surface area contributed by atoms with Gasteiger partial charge in [0.05, 0.1) is 6.61 Å². The van der Waals surface area contributed by atoms with Crippen LogP contribution in [-0.4, -0.2) is 13.0 Å². The molecule has 1 nitrogen and oxygen atoms in total. The minimum absolute atomic E-state index is 0.0387. The maximum atomic E-state index is 8.69. The highest BCUT2D eigenvalue weighted by molar-refractivity contribution is 6.36. The van der Waals surface area contributed by atoms with Crippen LogP contribution in [0.2, 0.25) is 5.02 Å². The Bertz CT molecular complexity index is 237. The van der Waals surface area contributed by atoms with E-state index in [4.69, 9.17) is 24.6 Å². The van der Waals surface area contributed by atoms with E-state index in [0.717, 1.165) is 0 Å². The van der Waals surface area contributed by atoms with E-state index in [1.807, 2.05) is 0 Å². The van der Waals surface area contributed by atoms with Crippen molar-refractivity contribution in [3.05, 3.63) is 28.8 Å². The topological polar surface area (TPSA) is 20.2 Å². The predicted molar refractivity (Wildman–Crippen MR) is 42.8 cm³/mol. The number of hydrogen-bond acceptors (Lipinski definition) is 1. The number of rotatable bonds is 1. The molecule has 0 fully saturated rings. The Morgan fingerprint density at radius 1 is 1.50 bits per heavy atom. The van der Waals surface area contributed by atoms with Crippen molar-refractivity contribution in [2.24, 2.45) is 0 Å². The van der Waals surface area contributed by atoms with Gasteiger partial charge in [0.25, 0.3) is 0 Å². The molecule has 0 spiro atoms. The molecule has 0 aliphatic rings. The molecule has 1 aromatic rings. The Hall–Kier alpha value is -0.465. The van der Waals surface area contributed by atoms with Gasteiger partial charge in [-0.1, -0.05) is 29.2 Å². The lowest BCUT2D eigenvalue weighted by Gasteiger charge is -2.00. The third-order valence-corrected chi connectivity index (χ3v) is 1.51. The Morgan fingerprint density at radius 3 is 2.70 bits per heavy atom. The molecule has 0 aliphatic heterocycles. The first-order valence-corrected chi connectivity index (χ1v) is 3.26. The molecule has 2 radical (unpaired) electrons. The van der Waals surface area contributed by atoms with Crippen LogP contribution in [0.5, 0.6) is 0 Å². The standard InChI is InChI=1S/C7H6BClO/c8-7-3-6(9)2-1-5(7)4-10/h1-3,10H,4H2. The van der Waals surface area contributed by atoms with E-state index in [1.165, 1.54) is 0 Å². The van der Waals surface area contributed by atoms with Gasteiger partial charge in [-0.2, -0.15) is 0 Å². The van der Waals surface area contributed by atoms with Crippen LogP contribution in [0.4, 0.5) is 0 Å². The highest BCUT2D eigenvalue weighted by Crippen LogP contribution is 2.06. The van der Waals surface area contributed by atoms with E-state index in [2.05, 4.69) is 0 Å². The fraction of sp³-hybridized carbons (Fsp3) is 0.143. The van der Waals surface area contributed by atoms with Crippen molar-refractivity contribution in [1.82, 2.24) is 0 Å². The maximum Gasteiger partial charge on any atom is 0.114 e. The first-order valence-electron chi connectivity index (χ1n) is 2.89. The summed E-state index contributed by atoms with van der Waals surface area (Å²) in [6.07, 6.45) is 0. The lowest BCUT2D eigenvalue weighted by molar-refractivity contribution is 0.283. The third-order valence-electron chi connectivity index (χ3n) is 1.28. The van der Waals surface area contributed by atoms with Gasteiger partial charge in [0.2, 0.25) is 0 Å². The van der Waals surface area contributed by atoms with E-state index >= 15 is 0 Å². The van der Waals surface area contributed by atoms with Crippen LogP contribution in [0.3, 0.4) is 0 Å². The summed E-state index contributed by atoms with van der Waals surface area (Å²) in [4.78, 5) is 0. The molecule has 0 aromatic heterocycles. The molecule has 1 N–H and O–H groups in total. The summed E-state index contributed by atoms with van der Waals surface area (Å²) in [5.41, 5.74) is 1.25. The summed E-state index contributed by atoms with van der Waals surface area (Å²) in [6.45, 7) is -0.0387. The molecule has 1 aromatic carbocycles. The third kappa shape index (κ3) is 1.52. The molecule has 0 heterocycles. The average Bonchev–Trinajstić information content (AvgIpc) is 1.88. The van der Waals surface area contributed by atoms with Crippen LogP contribution < -0.4 is 5.46 Å². The van der Waals surface area contributed by atoms with Crippen molar-refractivity contribution in [2.75, 3.05) is 0 Å². The zero-order valence-electron chi connectivity index (χ0n) is 5.34. The molecule has 0 amide bonds. The van der Waals surface area contributed by atoms with E-state index in [-0.39, 0.29) is 6.61 Å². The van der Waals surface area contributed by atoms with E-state index in [0.29, 0.717) is 16.0 Å². The van der Waals surface area contributed by atoms with Crippen molar-refractivity contribution in [1.29, 1.82) is 0 Å². The Balaban J connectivity index is 3.07. The second-order valence-corrected chi connectivity index (χ2v) is 2.44. The lowest BCUT2D eigenvalue weighted by Crippen LogP contribution is -2.09. The second kappa shape index (κ2) is 3.08. The van der Waals surface area contributed by atoms with Crippen LogP contribution >= 0.6 is 11.6 Å². The summed E-state index contributed by atoms with van der Waals surface area (Å²) < 4.78 is 0. The molecule has 0 aliphatic carbocycles. The minimum Gasteiger partial charge on any atom is -0.392 e. The first-order chi connectivity index (χ1) is 4.74. The normalized spacial score (nSPS) is 9.80. The molecular formula is C7H6BClO. The largest absolute Gasteiger partial charge is 0.392 e. The Kier molecular flexibility index (Phi) is 2.36. The molecule has 0 bridgehead atoms. The van der Waals surface area contributed by atoms with Crippen LogP contribution in [0.15, 0.2) is 18.2 Å². The molecule has 0 saturated carbocycles. The monoisotopic (exact) mass is 152 g/mol. The van der Waals surface area contributed by atoms with Gasteiger partial charge >= 0.3 is 0 Å². The summed E-state index contributed by atoms with van der Waals surface area (Å²) in [7, 11) is 5.49. The molecule has 10 heavy (non-hydrogen) atoms. The fourth-order valence-electron chi connectivity index (χ4n) is 0.710. The quantitative estimate of drug-likeness (QED) is 0.585. The average molecular weight is 152 g/mol. The zero-order valence-corrected chi connectivity index (χ0v) is 6.10. The van der Waals surface area contributed by atoms with Gasteiger partial charge in [-0.15, -0.1) is 0 Å². The van der Waals surface area contributed by atoms with E-state index < -0.39 is 0 Å². The van der Waals surface area contributed by atoms with Gasteiger partial charge in [0.15, 0.2) is 0 Å². The van der Waals surface area contributed by atoms with Crippen LogP contribution in [0.1, 0.15) is 5.56 Å². The number of hydrogen-bond donors (Lipinski definition) is 1. The fourth-order valence-corrected chi connectivity index (χ4v) is 0.890. The minimum atomic E-state index is -0.0387. The van der Waals surface area contributed by atoms with Gasteiger partial charge in [0.1, 0.15) is 7.85 Å². The number of aliphatic hydroxyl groups is 1. The Morgan fingerprint density at radius 2 is 2.20 bits per heavy atom. The highest BCUT2D eigenvalue weighted by Gasteiger charge is 1.94. The van der Waals surface area contributed by atoms with Gasteiger partial charge < -0.3 is 5.11 Å². The summed E-state index contributed by atoms with van der Waals surface area (Å²) in [5, 5.41) is 9.28. The maximum absolute atomic E-state index is 8.69. The lowest BCUT2D eigenvalue weighted by atomic mass is 9.91. The number of benzene rings is 1. The van der Waals surface area contributed by atoms with Gasteiger partial charge in [-0.3, -0.25) is 0 Å². The molecular weight excluding hydrogens is 146 g/mol. The number of halogens is 1.